The van der Waals surface area contributed by atoms with Crippen LogP contribution in [0.2, 0.25) is 0 Å². The van der Waals surface area contributed by atoms with E-state index in [4.69, 9.17) is 9.47 Å². The van der Waals surface area contributed by atoms with Gasteiger partial charge in [0.05, 0.1) is 25.6 Å². The smallest absolute Gasteiger partial charge is 0.352 e. The van der Waals surface area contributed by atoms with E-state index in [1.165, 1.54) is 16.4 Å². The summed E-state index contributed by atoms with van der Waals surface area (Å²) in [4.78, 5) is 25.0. The first kappa shape index (κ1) is 15.7. The Bertz CT molecular complexity index is 884. The fraction of sp³-hybridized carbons (Fsp3) is 0.176. The van der Waals surface area contributed by atoms with Crippen LogP contribution in [0.3, 0.4) is 0 Å². The van der Waals surface area contributed by atoms with Gasteiger partial charge < -0.3 is 9.47 Å². The van der Waals surface area contributed by atoms with Gasteiger partial charge in [-0.15, -0.1) is 0 Å². The molecule has 0 aliphatic carbocycles. The zero-order chi connectivity index (χ0) is 17.3. The van der Waals surface area contributed by atoms with Crippen LogP contribution in [0.4, 0.5) is 0 Å². The highest BCUT2D eigenvalue weighted by Crippen LogP contribution is 2.17. The number of methoxy groups -OCH3 is 2. The summed E-state index contributed by atoms with van der Waals surface area (Å²) >= 11 is 0. The van der Waals surface area contributed by atoms with Crippen molar-refractivity contribution in [2.75, 3.05) is 14.2 Å². The highest BCUT2D eigenvalue weighted by Gasteiger charge is 2.16. The Labute approximate surface area is 137 Å². The summed E-state index contributed by atoms with van der Waals surface area (Å²) in [7, 11) is 4.58. The van der Waals surface area contributed by atoms with Crippen molar-refractivity contribution in [3.05, 3.63) is 69.5 Å². The molecule has 0 aliphatic heterocycles. The lowest BCUT2D eigenvalue weighted by Gasteiger charge is -2.10. The van der Waals surface area contributed by atoms with Gasteiger partial charge in [-0.1, -0.05) is 0 Å². The normalized spacial score (nSPS) is 10.6. The van der Waals surface area contributed by atoms with E-state index in [1.54, 1.807) is 62.8 Å². The molecule has 0 amide bonds. The summed E-state index contributed by atoms with van der Waals surface area (Å²) in [5, 5.41) is 0. The average molecular weight is 327 g/mol. The van der Waals surface area contributed by atoms with Crippen LogP contribution in [-0.2, 0) is 7.05 Å². The van der Waals surface area contributed by atoms with E-state index in [0.29, 0.717) is 22.9 Å². The van der Waals surface area contributed by atoms with Gasteiger partial charge in [-0.25, -0.2) is 14.2 Å². The van der Waals surface area contributed by atoms with Gasteiger partial charge in [-0.05, 0) is 48.5 Å². The van der Waals surface area contributed by atoms with E-state index < -0.39 is 11.4 Å². The van der Waals surface area contributed by atoms with E-state index in [2.05, 4.69) is 0 Å². The van der Waals surface area contributed by atoms with Crippen LogP contribution in [0, 0.1) is 0 Å². The van der Waals surface area contributed by atoms with Crippen molar-refractivity contribution < 1.29 is 9.47 Å². The summed E-state index contributed by atoms with van der Waals surface area (Å²) in [6, 6.07) is 13.8. The highest BCUT2D eigenvalue weighted by atomic mass is 16.5. The molecular formula is C17H17N3O4. The molecule has 3 rings (SSSR count). The Kier molecular flexibility index (Phi) is 3.99. The molecule has 0 saturated carbocycles. The Hall–Kier alpha value is -3.22. The molecule has 0 spiro atoms. The first-order valence-corrected chi connectivity index (χ1v) is 7.26. The molecule has 1 heterocycles. The molecule has 3 aromatic rings. The molecule has 124 valence electrons. The third-order valence-electron chi connectivity index (χ3n) is 3.77. The fourth-order valence-corrected chi connectivity index (χ4v) is 2.44. The maximum absolute atomic E-state index is 12.5. The molecule has 7 heteroatoms. The zero-order valence-electron chi connectivity index (χ0n) is 13.6. The number of hydrogen-bond donors (Lipinski definition) is 0. The molecule has 0 unspecified atom stereocenters. The molecule has 0 N–H and O–H groups in total. The van der Waals surface area contributed by atoms with E-state index in [9.17, 15) is 9.59 Å². The molecule has 7 nitrogen and oxygen atoms in total. The summed E-state index contributed by atoms with van der Waals surface area (Å²) in [6.07, 6.45) is 0. The number of ether oxygens (including phenoxy) is 2. The summed E-state index contributed by atoms with van der Waals surface area (Å²) in [5.41, 5.74) is 0.269. The molecule has 0 saturated heterocycles. The summed E-state index contributed by atoms with van der Waals surface area (Å²) in [5.74, 6) is 1.34. The largest absolute Gasteiger partial charge is 0.497 e. The van der Waals surface area contributed by atoms with Crippen LogP contribution in [0.5, 0.6) is 11.5 Å². The lowest BCUT2D eigenvalue weighted by Crippen LogP contribution is -2.25. The van der Waals surface area contributed by atoms with Gasteiger partial charge in [-0.3, -0.25) is 0 Å². The van der Waals surface area contributed by atoms with Gasteiger partial charge >= 0.3 is 11.4 Å². The van der Waals surface area contributed by atoms with Crippen LogP contribution >= 0.6 is 0 Å². The van der Waals surface area contributed by atoms with Crippen LogP contribution in [0.25, 0.3) is 11.4 Å². The maximum atomic E-state index is 12.5. The van der Waals surface area contributed by atoms with Gasteiger partial charge in [0, 0.05) is 7.05 Å². The third-order valence-corrected chi connectivity index (χ3v) is 3.77. The van der Waals surface area contributed by atoms with Crippen LogP contribution in [0.1, 0.15) is 0 Å². The molecule has 0 radical (unpaired) electrons. The van der Waals surface area contributed by atoms with Crippen molar-refractivity contribution in [3.8, 4) is 22.9 Å². The Balaban J connectivity index is 2.23. The second-order valence-corrected chi connectivity index (χ2v) is 5.14. The van der Waals surface area contributed by atoms with Crippen molar-refractivity contribution in [1.29, 1.82) is 0 Å². The Morgan fingerprint density at radius 2 is 1.00 bits per heavy atom. The number of rotatable bonds is 4. The van der Waals surface area contributed by atoms with Gasteiger partial charge in [-0.2, -0.15) is 9.36 Å². The van der Waals surface area contributed by atoms with E-state index in [0.717, 1.165) is 4.57 Å². The Morgan fingerprint density at radius 1 is 0.667 bits per heavy atom. The van der Waals surface area contributed by atoms with Gasteiger partial charge in [0.2, 0.25) is 0 Å². The van der Waals surface area contributed by atoms with Gasteiger partial charge in [0.25, 0.3) is 0 Å². The van der Waals surface area contributed by atoms with E-state index >= 15 is 0 Å². The maximum Gasteiger partial charge on any atom is 0.352 e. The van der Waals surface area contributed by atoms with Gasteiger partial charge in [0.15, 0.2) is 0 Å². The molecule has 1 aromatic heterocycles. The van der Waals surface area contributed by atoms with Crippen molar-refractivity contribution >= 4 is 0 Å². The van der Waals surface area contributed by atoms with Crippen molar-refractivity contribution in [1.82, 2.24) is 13.9 Å². The average Bonchev–Trinajstić information content (AvgIpc) is 2.86. The van der Waals surface area contributed by atoms with Crippen molar-refractivity contribution in [2.45, 2.75) is 0 Å². The molecule has 0 aliphatic rings. The number of nitrogens with zero attached hydrogens (tertiary/aromatic N) is 3. The Morgan fingerprint density at radius 3 is 1.29 bits per heavy atom. The first-order valence-electron chi connectivity index (χ1n) is 7.26. The predicted octanol–water partition coefficient (Wildman–Crippen LogP) is 1.34. The standard InChI is InChI=1S/C17H17N3O4/c1-18-16(21)19(12-4-8-14(23-2)9-5-12)20(17(18)22)13-6-10-15(24-3)11-7-13/h4-11H,1-3H3. The molecule has 0 atom stereocenters. The molecular weight excluding hydrogens is 310 g/mol. The van der Waals surface area contributed by atoms with Crippen molar-refractivity contribution in [2.24, 2.45) is 7.05 Å². The molecule has 0 fully saturated rings. The highest BCUT2D eigenvalue weighted by molar-refractivity contribution is 5.40. The van der Waals surface area contributed by atoms with Crippen molar-refractivity contribution in [3.63, 3.8) is 0 Å². The van der Waals surface area contributed by atoms with Crippen LogP contribution in [0.15, 0.2) is 58.1 Å². The lowest BCUT2D eigenvalue weighted by molar-refractivity contribution is 0.414. The fourth-order valence-electron chi connectivity index (χ4n) is 2.44. The van der Waals surface area contributed by atoms with E-state index in [1.807, 2.05) is 0 Å². The second kappa shape index (κ2) is 6.11. The third kappa shape index (κ3) is 2.50. The topological polar surface area (TPSA) is 67.4 Å². The second-order valence-electron chi connectivity index (χ2n) is 5.14. The van der Waals surface area contributed by atoms with Crippen LogP contribution in [-0.4, -0.2) is 28.2 Å². The number of aromatic nitrogens is 3. The van der Waals surface area contributed by atoms with Gasteiger partial charge in [0.1, 0.15) is 11.5 Å². The molecule has 24 heavy (non-hydrogen) atoms. The van der Waals surface area contributed by atoms with E-state index in [-0.39, 0.29) is 0 Å². The lowest BCUT2D eigenvalue weighted by atomic mass is 10.3. The summed E-state index contributed by atoms with van der Waals surface area (Å²) < 4.78 is 14.0. The van der Waals surface area contributed by atoms with Crippen LogP contribution < -0.4 is 20.9 Å². The number of benzene rings is 2. The molecule has 2 aromatic carbocycles. The zero-order valence-corrected chi connectivity index (χ0v) is 13.6. The monoisotopic (exact) mass is 327 g/mol. The predicted molar refractivity (Wildman–Crippen MR) is 89.7 cm³/mol. The number of hydrogen-bond acceptors (Lipinski definition) is 4. The quantitative estimate of drug-likeness (QED) is 0.725. The molecule has 0 bridgehead atoms. The SMILES string of the molecule is COc1ccc(-n2c(=O)n(C)c(=O)n2-c2ccc(OC)cc2)cc1. The minimum atomic E-state index is -0.430. The first-order chi connectivity index (χ1) is 11.6. The summed E-state index contributed by atoms with van der Waals surface area (Å²) in [6.45, 7) is 0. The minimum Gasteiger partial charge on any atom is -0.497 e. The minimum absolute atomic E-state index is 0.430.